The van der Waals surface area contributed by atoms with Gasteiger partial charge < -0.3 is 0 Å². The summed E-state index contributed by atoms with van der Waals surface area (Å²) in [6.07, 6.45) is 3.00. The Balaban J connectivity index is 1.69. The highest BCUT2D eigenvalue weighted by atomic mass is 32.2. The zero-order valence-electron chi connectivity index (χ0n) is 15.1. The lowest BCUT2D eigenvalue weighted by Crippen LogP contribution is -2.43. The van der Waals surface area contributed by atoms with Crippen LogP contribution in [0.5, 0.6) is 0 Å². The van der Waals surface area contributed by atoms with Crippen LogP contribution in [0.25, 0.3) is 0 Å². The number of aromatic nitrogens is 3. The maximum atomic E-state index is 13.9. The molecular formula is C19H23FN4OS. The number of thioether (sulfide) groups is 1. The zero-order chi connectivity index (χ0) is 18.3. The van der Waals surface area contributed by atoms with Gasteiger partial charge in [0, 0.05) is 13.0 Å². The zero-order valence-corrected chi connectivity index (χ0v) is 15.9. The van der Waals surface area contributed by atoms with Crippen LogP contribution >= 0.6 is 11.8 Å². The van der Waals surface area contributed by atoms with Crippen molar-refractivity contribution in [3.05, 3.63) is 41.5 Å². The van der Waals surface area contributed by atoms with Gasteiger partial charge in [-0.05, 0) is 43.0 Å². The van der Waals surface area contributed by atoms with E-state index in [1.165, 1.54) is 28.9 Å². The number of hydrogen-bond donors (Lipinski definition) is 0. The van der Waals surface area contributed by atoms with E-state index in [1.54, 1.807) is 12.1 Å². The first-order valence-corrected chi connectivity index (χ1v) is 10.1. The minimum Gasteiger partial charge on any atom is -0.294 e. The highest BCUT2D eigenvalue weighted by molar-refractivity contribution is 8.00. The van der Waals surface area contributed by atoms with Crippen LogP contribution in [-0.2, 0) is 6.42 Å². The summed E-state index contributed by atoms with van der Waals surface area (Å²) in [7, 11) is 0. The average molecular weight is 374 g/mol. The molecule has 3 unspecified atom stereocenters. The molecule has 2 aliphatic heterocycles. The van der Waals surface area contributed by atoms with Crippen molar-refractivity contribution in [2.45, 2.75) is 49.6 Å². The second-order valence-electron chi connectivity index (χ2n) is 7.19. The number of halogens is 1. The van der Waals surface area contributed by atoms with Crippen molar-refractivity contribution in [1.29, 1.82) is 0 Å². The van der Waals surface area contributed by atoms with Gasteiger partial charge in [-0.2, -0.15) is 4.68 Å². The van der Waals surface area contributed by atoms with Crippen LogP contribution in [0, 0.1) is 11.7 Å². The van der Waals surface area contributed by atoms with Crippen molar-refractivity contribution in [2.75, 3.05) is 13.1 Å². The average Bonchev–Trinajstić information content (AvgIpc) is 3.15. The lowest BCUT2D eigenvalue weighted by Gasteiger charge is -2.39. The number of likely N-dealkylation sites (tertiary alicyclic amines) is 1. The van der Waals surface area contributed by atoms with E-state index in [4.69, 9.17) is 0 Å². The lowest BCUT2D eigenvalue weighted by atomic mass is 9.94. The number of aryl methyl sites for hydroxylation is 1. The van der Waals surface area contributed by atoms with Crippen LogP contribution in [0.3, 0.4) is 0 Å². The minimum absolute atomic E-state index is 0.0512. The third kappa shape index (κ3) is 3.18. The Labute approximate surface area is 157 Å². The second kappa shape index (κ2) is 7.12. The molecule has 1 aromatic carbocycles. The number of carbonyl (C=O) groups excluding carboxylic acids is 1. The largest absolute Gasteiger partial charge is 0.294 e. The molecule has 4 rings (SSSR count). The molecule has 3 atom stereocenters. The van der Waals surface area contributed by atoms with E-state index in [2.05, 4.69) is 21.9 Å². The van der Waals surface area contributed by atoms with E-state index in [1.807, 2.05) is 13.0 Å². The van der Waals surface area contributed by atoms with Gasteiger partial charge in [0.2, 0.25) is 0 Å². The number of rotatable bonds is 4. The van der Waals surface area contributed by atoms with Crippen molar-refractivity contribution in [3.8, 4) is 0 Å². The van der Waals surface area contributed by atoms with Crippen LogP contribution in [0.4, 0.5) is 4.39 Å². The third-order valence-corrected chi connectivity index (χ3v) is 6.37. The van der Waals surface area contributed by atoms with Gasteiger partial charge in [-0.3, -0.25) is 9.69 Å². The molecule has 1 fully saturated rings. The Kier molecular flexibility index (Phi) is 4.84. The minimum atomic E-state index is -0.344. The van der Waals surface area contributed by atoms with Crippen molar-refractivity contribution in [1.82, 2.24) is 19.7 Å². The van der Waals surface area contributed by atoms with Gasteiger partial charge >= 0.3 is 0 Å². The fraction of sp³-hybridized carbons (Fsp3) is 0.526. The summed E-state index contributed by atoms with van der Waals surface area (Å²) in [6.45, 7) is 6.05. The smallest absolute Gasteiger partial charge is 0.264 e. The number of hydrogen-bond acceptors (Lipinski definition) is 5. The van der Waals surface area contributed by atoms with Crippen molar-refractivity contribution in [2.24, 2.45) is 5.92 Å². The molecular weight excluding hydrogens is 351 g/mol. The Morgan fingerprint density at radius 2 is 2.27 bits per heavy atom. The molecule has 0 bridgehead atoms. The van der Waals surface area contributed by atoms with Gasteiger partial charge in [0.25, 0.3) is 5.91 Å². The number of fused-ring (bicyclic) bond motifs is 1. The number of piperidine rings is 1. The molecule has 5 nitrogen and oxygen atoms in total. The van der Waals surface area contributed by atoms with Crippen LogP contribution in [-0.4, -0.2) is 43.9 Å². The molecule has 138 valence electrons. The molecule has 26 heavy (non-hydrogen) atoms. The lowest BCUT2D eigenvalue weighted by molar-refractivity contribution is 0.0787. The number of benzene rings is 1. The van der Waals surface area contributed by atoms with Crippen molar-refractivity contribution in [3.63, 3.8) is 0 Å². The van der Waals surface area contributed by atoms with Crippen LogP contribution in [0.2, 0.25) is 0 Å². The number of carbonyl (C=O) groups is 1. The normalized spacial score (nSPS) is 24.7. The fourth-order valence-corrected chi connectivity index (χ4v) is 5.21. The maximum Gasteiger partial charge on any atom is 0.264 e. The third-order valence-electron chi connectivity index (χ3n) is 5.18. The van der Waals surface area contributed by atoms with E-state index in [0.717, 1.165) is 25.1 Å². The van der Waals surface area contributed by atoms with Gasteiger partial charge in [0.05, 0.1) is 6.04 Å². The van der Waals surface area contributed by atoms with Crippen LogP contribution < -0.4 is 0 Å². The van der Waals surface area contributed by atoms with Crippen molar-refractivity contribution >= 4 is 17.7 Å². The first kappa shape index (κ1) is 17.7. The molecule has 2 aromatic rings. The van der Waals surface area contributed by atoms with E-state index in [9.17, 15) is 9.18 Å². The van der Waals surface area contributed by atoms with Crippen LogP contribution in [0.15, 0.2) is 29.4 Å². The van der Waals surface area contributed by atoms with Gasteiger partial charge in [-0.25, -0.2) is 9.37 Å². The van der Waals surface area contributed by atoms with Gasteiger partial charge in [0.1, 0.15) is 11.1 Å². The Morgan fingerprint density at radius 1 is 1.42 bits per heavy atom. The van der Waals surface area contributed by atoms with Crippen LogP contribution in [0.1, 0.15) is 48.9 Å². The van der Waals surface area contributed by atoms with E-state index >= 15 is 0 Å². The molecule has 1 aromatic heterocycles. The van der Waals surface area contributed by atoms with E-state index < -0.39 is 0 Å². The molecule has 0 radical (unpaired) electrons. The summed E-state index contributed by atoms with van der Waals surface area (Å²) < 4.78 is 15.4. The predicted octanol–water partition coefficient (Wildman–Crippen LogP) is 3.57. The predicted molar refractivity (Wildman–Crippen MR) is 98.8 cm³/mol. The van der Waals surface area contributed by atoms with Crippen molar-refractivity contribution < 1.29 is 9.18 Å². The molecule has 1 saturated heterocycles. The number of nitrogens with zero attached hydrogens (tertiary/aromatic N) is 4. The Morgan fingerprint density at radius 3 is 2.96 bits per heavy atom. The highest BCUT2D eigenvalue weighted by Crippen LogP contribution is 2.42. The SMILES string of the molecule is CCc1nc2n(n1)C(=O)C(C(c1cccc(F)c1)N1CCCC(C)C1)S2. The van der Waals surface area contributed by atoms with Gasteiger partial charge in [0.15, 0.2) is 11.0 Å². The summed E-state index contributed by atoms with van der Waals surface area (Å²) in [5, 5.41) is 4.65. The monoisotopic (exact) mass is 374 g/mol. The molecule has 0 amide bonds. The molecule has 0 spiro atoms. The first-order valence-electron chi connectivity index (χ1n) is 9.23. The standard InChI is InChI=1S/C19H23FN4OS/c1-3-15-21-19-24(22-15)18(25)17(26-19)16(13-7-4-8-14(20)10-13)23-9-5-6-12(2)11-23/h4,7-8,10,12,16-17H,3,5-6,9,11H2,1-2H3. The topological polar surface area (TPSA) is 51.0 Å². The Hall–Kier alpha value is -1.73. The summed E-state index contributed by atoms with van der Waals surface area (Å²) in [6, 6.07) is 6.49. The summed E-state index contributed by atoms with van der Waals surface area (Å²) in [5.74, 6) is 0.943. The molecule has 2 aliphatic rings. The molecule has 0 N–H and O–H groups in total. The van der Waals surface area contributed by atoms with Gasteiger partial charge in [-0.15, -0.1) is 5.10 Å². The molecule has 3 heterocycles. The highest BCUT2D eigenvalue weighted by Gasteiger charge is 2.43. The first-order chi connectivity index (χ1) is 12.6. The van der Waals surface area contributed by atoms with Gasteiger partial charge in [-0.1, -0.05) is 37.7 Å². The summed E-state index contributed by atoms with van der Waals surface area (Å²) >= 11 is 1.46. The molecule has 0 aliphatic carbocycles. The molecule has 0 saturated carbocycles. The quantitative estimate of drug-likeness (QED) is 0.819. The van der Waals surface area contributed by atoms with E-state index in [-0.39, 0.29) is 23.0 Å². The summed E-state index contributed by atoms with van der Waals surface area (Å²) in [5.41, 5.74) is 0.853. The molecule has 7 heteroatoms. The second-order valence-corrected chi connectivity index (χ2v) is 8.30. The maximum absolute atomic E-state index is 13.9. The summed E-state index contributed by atoms with van der Waals surface area (Å²) in [4.78, 5) is 19.9. The fourth-order valence-electron chi connectivity index (χ4n) is 3.94. The Bertz CT molecular complexity index is 824. The van der Waals surface area contributed by atoms with E-state index in [0.29, 0.717) is 23.3 Å².